The minimum Gasteiger partial charge on any atom is -0.462 e. The van der Waals surface area contributed by atoms with Crippen molar-refractivity contribution >= 4 is 11.9 Å². The zero-order valence-electron chi connectivity index (χ0n) is 32.7. The minimum atomic E-state index is -1.60. The van der Waals surface area contributed by atoms with Gasteiger partial charge in [-0.1, -0.05) is 113 Å². The molecule has 1 heterocycles. The molecule has 10 nitrogen and oxygen atoms in total. The Morgan fingerprint density at radius 2 is 1.11 bits per heavy atom. The Morgan fingerprint density at radius 1 is 0.604 bits per heavy atom. The number of aliphatic hydroxyl groups is 4. The molecule has 1 aliphatic heterocycles. The topological polar surface area (TPSA) is 152 Å². The molecule has 1 saturated heterocycles. The second-order valence-corrected chi connectivity index (χ2v) is 13.7. The maximum absolute atomic E-state index is 12.7. The average Bonchev–Trinajstić information content (AvgIpc) is 3.15. The van der Waals surface area contributed by atoms with Crippen LogP contribution in [0.3, 0.4) is 0 Å². The van der Waals surface area contributed by atoms with Crippen LogP contribution in [0.2, 0.25) is 0 Å². The van der Waals surface area contributed by atoms with Gasteiger partial charge in [-0.05, 0) is 77.0 Å². The molecule has 0 spiro atoms. The lowest BCUT2D eigenvalue weighted by Crippen LogP contribution is -2.59. The predicted octanol–water partition coefficient (Wildman–Crippen LogP) is 7.88. The lowest BCUT2D eigenvalue weighted by Gasteiger charge is -2.39. The third-order valence-electron chi connectivity index (χ3n) is 8.89. The molecule has 53 heavy (non-hydrogen) atoms. The van der Waals surface area contributed by atoms with Crippen LogP contribution >= 0.6 is 0 Å². The molecule has 0 radical (unpaired) electrons. The molecular formula is C43H72O10. The van der Waals surface area contributed by atoms with Crippen molar-refractivity contribution in [1.82, 2.24) is 0 Å². The lowest BCUT2D eigenvalue weighted by molar-refractivity contribution is -0.305. The van der Waals surface area contributed by atoms with E-state index >= 15 is 0 Å². The van der Waals surface area contributed by atoms with Gasteiger partial charge in [0.05, 0.1) is 13.2 Å². The molecule has 304 valence electrons. The van der Waals surface area contributed by atoms with E-state index in [1.807, 2.05) is 0 Å². The van der Waals surface area contributed by atoms with Gasteiger partial charge in [0, 0.05) is 12.8 Å². The van der Waals surface area contributed by atoms with Crippen molar-refractivity contribution in [3.8, 4) is 0 Å². The lowest BCUT2D eigenvalue weighted by atomic mass is 9.99. The highest BCUT2D eigenvalue weighted by Gasteiger charge is 2.44. The van der Waals surface area contributed by atoms with E-state index in [-0.39, 0.29) is 26.1 Å². The number of aliphatic hydroxyl groups excluding tert-OH is 4. The van der Waals surface area contributed by atoms with Crippen LogP contribution in [-0.4, -0.2) is 89.0 Å². The summed E-state index contributed by atoms with van der Waals surface area (Å²) in [6.45, 7) is 3.21. The van der Waals surface area contributed by atoms with Gasteiger partial charge in [-0.15, -0.1) is 0 Å². The van der Waals surface area contributed by atoms with Crippen LogP contribution in [-0.2, 0) is 28.5 Å². The van der Waals surface area contributed by atoms with E-state index in [9.17, 15) is 30.0 Å². The highest BCUT2D eigenvalue weighted by Crippen LogP contribution is 2.22. The van der Waals surface area contributed by atoms with Gasteiger partial charge in [0.15, 0.2) is 12.4 Å². The van der Waals surface area contributed by atoms with Crippen LogP contribution in [0.5, 0.6) is 0 Å². The SMILES string of the molecule is CC/C=C\C/C=C\C/C=C\CCCCCC(=O)OC(COC(=O)CCCCCCC/C=C\C/C=C\CCCCC)COC1OC(CO)C(O)C(O)C1O. The van der Waals surface area contributed by atoms with E-state index in [0.717, 1.165) is 77.0 Å². The van der Waals surface area contributed by atoms with Gasteiger partial charge >= 0.3 is 11.9 Å². The second kappa shape index (κ2) is 33.9. The molecule has 0 aliphatic carbocycles. The fraction of sp³-hybridized carbons (Fsp3) is 0.721. The zero-order chi connectivity index (χ0) is 38.8. The summed E-state index contributed by atoms with van der Waals surface area (Å²) in [5, 5.41) is 40.0. The Morgan fingerprint density at radius 3 is 1.70 bits per heavy atom. The minimum absolute atomic E-state index is 0.189. The molecule has 0 aromatic heterocycles. The largest absolute Gasteiger partial charge is 0.462 e. The molecule has 10 heteroatoms. The van der Waals surface area contributed by atoms with Gasteiger partial charge in [-0.3, -0.25) is 9.59 Å². The Bertz CT molecular complexity index is 1050. The molecule has 0 amide bonds. The highest BCUT2D eigenvalue weighted by atomic mass is 16.7. The van der Waals surface area contributed by atoms with Crippen molar-refractivity contribution in [2.45, 2.75) is 179 Å². The number of esters is 2. The summed E-state index contributed by atoms with van der Waals surface area (Å²) in [6.07, 6.45) is 32.3. The van der Waals surface area contributed by atoms with Gasteiger partial charge in [-0.2, -0.15) is 0 Å². The first kappa shape index (κ1) is 48.4. The van der Waals surface area contributed by atoms with Crippen molar-refractivity contribution in [3.63, 3.8) is 0 Å². The number of unbranched alkanes of at least 4 members (excludes halogenated alkanes) is 11. The Labute approximate surface area is 320 Å². The van der Waals surface area contributed by atoms with Gasteiger partial charge < -0.3 is 39.4 Å². The number of hydrogen-bond donors (Lipinski definition) is 4. The number of carbonyl (C=O) groups is 2. The molecule has 6 atom stereocenters. The van der Waals surface area contributed by atoms with Crippen LogP contribution in [0.1, 0.15) is 142 Å². The Kier molecular flexibility index (Phi) is 31.0. The van der Waals surface area contributed by atoms with Crippen molar-refractivity contribution in [1.29, 1.82) is 0 Å². The summed E-state index contributed by atoms with van der Waals surface area (Å²) < 4.78 is 22.0. The van der Waals surface area contributed by atoms with Gasteiger partial charge in [0.2, 0.25) is 0 Å². The summed E-state index contributed by atoms with van der Waals surface area (Å²) in [5.41, 5.74) is 0. The van der Waals surface area contributed by atoms with E-state index in [0.29, 0.717) is 12.8 Å². The van der Waals surface area contributed by atoms with Crippen molar-refractivity contribution < 1.29 is 49.0 Å². The Hall–Kier alpha value is -2.60. The number of rotatable bonds is 32. The average molecular weight is 749 g/mol. The molecule has 0 aromatic carbocycles. The number of hydrogen-bond acceptors (Lipinski definition) is 10. The number of allylic oxidation sites excluding steroid dienone is 10. The summed E-state index contributed by atoms with van der Waals surface area (Å²) >= 11 is 0. The van der Waals surface area contributed by atoms with Gasteiger partial charge in [0.1, 0.15) is 31.0 Å². The quantitative estimate of drug-likeness (QED) is 0.0304. The molecule has 1 aliphatic rings. The van der Waals surface area contributed by atoms with Gasteiger partial charge in [-0.25, -0.2) is 0 Å². The first-order valence-corrected chi connectivity index (χ1v) is 20.4. The molecule has 1 fully saturated rings. The third-order valence-corrected chi connectivity index (χ3v) is 8.89. The maximum Gasteiger partial charge on any atom is 0.306 e. The Balaban J connectivity index is 2.41. The van der Waals surface area contributed by atoms with Crippen molar-refractivity contribution in [2.24, 2.45) is 0 Å². The third kappa shape index (κ3) is 25.9. The number of carbonyl (C=O) groups excluding carboxylic acids is 2. The first-order chi connectivity index (χ1) is 25.8. The van der Waals surface area contributed by atoms with E-state index in [4.69, 9.17) is 18.9 Å². The normalized spacial score (nSPS) is 21.5. The molecule has 4 N–H and O–H groups in total. The molecule has 0 saturated carbocycles. The molecule has 0 aromatic rings. The fourth-order valence-corrected chi connectivity index (χ4v) is 5.64. The van der Waals surface area contributed by atoms with Crippen LogP contribution in [0.15, 0.2) is 60.8 Å². The summed E-state index contributed by atoms with van der Waals surface area (Å²) in [4.78, 5) is 25.2. The summed E-state index contributed by atoms with van der Waals surface area (Å²) in [5.74, 6) is -0.864. The molecule has 0 bridgehead atoms. The van der Waals surface area contributed by atoms with E-state index in [1.54, 1.807) is 0 Å². The van der Waals surface area contributed by atoms with E-state index in [1.165, 1.54) is 25.7 Å². The van der Waals surface area contributed by atoms with E-state index in [2.05, 4.69) is 74.6 Å². The van der Waals surface area contributed by atoms with Crippen LogP contribution in [0, 0.1) is 0 Å². The summed E-state index contributed by atoms with van der Waals surface area (Å²) in [6, 6.07) is 0. The van der Waals surface area contributed by atoms with Crippen LogP contribution in [0.4, 0.5) is 0 Å². The molecular weight excluding hydrogens is 676 g/mol. The smallest absolute Gasteiger partial charge is 0.306 e. The van der Waals surface area contributed by atoms with Crippen LogP contribution in [0.25, 0.3) is 0 Å². The monoisotopic (exact) mass is 749 g/mol. The van der Waals surface area contributed by atoms with E-state index < -0.39 is 55.4 Å². The second-order valence-electron chi connectivity index (χ2n) is 13.7. The highest BCUT2D eigenvalue weighted by molar-refractivity contribution is 5.70. The maximum atomic E-state index is 12.7. The van der Waals surface area contributed by atoms with Crippen molar-refractivity contribution in [2.75, 3.05) is 19.8 Å². The zero-order valence-corrected chi connectivity index (χ0v) is 32.7. The summed E-state index contributed by atoms with van der Waals surface area (Å²) in [7, 11) is 0. The first-order valence-electron chi connectivity index (χ1n) is 20.4. The fourth-order valence-electron chi connectivity index (χ4n) is 5.64. The number of ether oxygens (including phenoxy) is 4. The predicted molar refractivity (Wildman–Crippen MR) is 210 cm³/mol. The van der Waals surface area contributed by atoms with Crippen molar-refractivity contribution in [3.05, 3.63) is 60.8 Å². The molecule has 6 unspecified atom stereocenters. The standard InChI is InChI=1S/C43H72O10/c1-3-5-7-9-11-13-15-17-18-20-21-23-25-27-29-31-38(45)50-34-36(35-51-43-42(49)41(48)40(47)37(33-44)53-43)52-39(46)32-30-28-26-24-22-19-16-14-12-10-8-6-4-2/h6,8,11-14,17-19,22,36-37,40-44,47-49H,3-5,7,9-10,15-16,20-21,23-35H2,1-2H3/b8-6-,13-11-,14-12-,18-17-,22-19-. The van der Waals surface area contributed by atoms with Crippen LogP contribution < -0.4 is 0 Å². The molecule has 1 rings (SSSR count). The van der Waals surface area contributed by atoms with Gasteiger partial charge in [0.25, 0.3) is 0 Å².